The van der Waals surface area contributed by atoms with Crippen LogP contribution in [0.1, 0.15) is 31.5 Å². The summed E-state index contributed by atoms with van der Waals surface area (Å²) in [6.45, 7) is 3.81. The van der Waals surface area contributed by atoms with Crippen LogP contribution in [0.15, 0.2) is 42.9 Å². The predicted molar refractivity (Wildman–Crippen MR) is 89.3 cm³/mol. The van der Waals surface area contributed by atoms with Crippen molar-refractivity contribution in [3.63, 3.8) is 0 Å². The van der Waals surface area contributed by atoms with E-state index in [0.717, 1.165) is 17.7 Å². The minimum absolute atomic E-state index is 0.370. The Balaban J connectivity index is 1.68. The fraction of sp³-hybridized carbons (Fsp3) is 0.444. The summed E-state index contributed by atoms with van der Waals surface area (Å²) in [7, 11) is 0. The number of hydrogen-bond donors (Lipinski definition) is 2. The molecule has 0 bridgehead atoms. The van der Waals surface area contributed by atoms with Crippen LogP contribution in [0.3, 0.4) is 0 Å². The van der Waals surface area contributed by atoms with Crippen molar-refractivity contribution in [1.82, 2.24) is 14.9 Å². The molecule has 2 heterocycles. The maximum Gasteiger partial charge on any atom is 0.412 e. The Morgan fingerprint density at radius 3 is 2.67 bits per heavy atom. The second-order valence-electron chi connectivity index (χ2n) is 6.58. The van der Waals surface area contributed by atoms with Gasteiger partial charge in [0.1, 0.15) is 0 Å². The molecule has 1 aliphatic heterocycles. The maximum atomic E-state index is 12.3. The fourth-order valence-electron chi connectivity index (χ4n) is 3.09. The highest BCUT2D eigenvalue weighted by Crippen LogP contribution is 2.40. The number of aryl methyl sites for hydroxylation is 1. The second kappa shape index (κ2) is 6.28. The van der Waals surface area contributed by atoms with Crippen molar-refractivity contribution in [3.05, 3.63) is 54.1 Å². The van der Waals surface area contributed by atoms with Crippen molar-refractivity contribution in [2.75, 3.05) is 6.54 Å². The van der Waals surface area contributed by atoms with Gasteiger partial charge in [0.25, 0.3) is 0 Å². The van der Waals surface area contributed by atoms with Gasteiger partial charge in [-0.1, -0.05) is 30.3 Å². The molecule has 1 aromatic heterocycles. The quantitative estimate of drug-likeness (QED) is 0.853. The molecule has 0 unspecified atom stereocenters. The Morgan fingerprint density at radius 1 is 1.25 bits per heavy atom. The average molecular weight is 329 g/mol. The zero-order chi connectivity index (χ0) is 17.2. The zero-order valence-electron chi connectivity index (χ0n) is 14.0. The number of rotatable bonds is 6. The van der Waals surface area contributed by atoms with Crippen LogP contribution >= 0.6 is 0 Å². The van der Waals surface area contributed by atoms with E-state index in [4.69, 9.17) is 4.74 Å². The fourth-order valence-corrected chi connectivity index (χ4v) is 3.09. The Kier molecular flexibility index (Phi) is 4.32. The largest absolute Gasteiger partial charge is 0.438 e. The van der Waals surface area contributed by atoms with E-state index in [1.165, 1.54) is 4.90 Å². The molecule has 1 saturated heterocycles. The molecular formula is C18H23N3O3. The molecule has 1 aromatic carbocycles. The summed E-state index contributed by atoms with van der Waals surface area (Å²) in [5.74, 6) is 0. The normalized spacial score (nSPS) is 26.6. The minimum atomic E-state index is -1.36. The summed E-state index contributed by atoms with van der Waals surface area (Å²) < 4.78 is 5.58. The third kappa shape index (κ3) is 3.01. The van der Waals surface area contributed by atoms with Crippen LogP contribution < -0.4 is 0 Å². The molecule has 2 aromatic rings. The molecule has 1 fully saturated rings. The number of benzene rings is 1. The van der Waals surface area contributed by atoms with Crippen LogP contribution in [0.25, 0.3) is 0 Å². The van der Waals surface area contributed by atoms with Gasteiger partial charge >= 0.3 is 6.09 Å². The van der Waals surface area contributed by atoms with Gasteiger partial charge in [0, 0.05) is 24.9 Å². The molecule has 24 heavy (non-hydrogen) atoms. The average Bonchev–Trinajstić information content (AvgIpc) is 3.12. The van der Waals surface area contributed by atoms with Crippen LogP contribution in [0.5, 0.6) is 0 Å². The first kappa shape index (κ1) is 16.5. The lowest BCUT2D eigenvalue weighted by Gasteiger charge is -2.37. The first-order valence-corrected chi connectivity index (χ1v) is 8.16. The van der Waals surface area contributed by atoms with Crippen LogP contribution in [0.2, 0.25) is 0 Å². The standard InChI is InChI=1S/C18H23N3O3/c1-17(10-8-14-6-4-3-5-7-14)18(2,23)21(16(22)24-17)11-9-15-12-19-13-20-15/h3-7,12-13,23H,8-11H2,1-2H3,(H,19,20)/t17-,18+/m1/s1. The first-order chi connectivity index (χ1) is 11.4. The van der Waals surface area contributed by atoms with Gasteiger partial charge in [0.2, 0.25) is 0 Å². The van der Waals surface area contributed by atoms with E-state index in [9.17, 15) is 9.90 Å². The molecule has 6 nitrogen and oxygen atoms in total. The molecule has 0 saturated carbocycles. The Hall–Kier alpha value is -2.34. The zero-order valence-corrected chi connectivity index (χ0v) is 14.0. The van der Waals surface area contributed by atoms with E-state index < -0.39 is 17.4 Å². The lowest BCUT2D eigenvalue weighted by molar-refractivity contribution is -0.138. The van der Waals surface area contributed by atoms with Crippen LogP contribution in [0, 0.1) is 0 Å². The van der Waals surface area contributed by atoms with Crippen LogP contribution in [0.4, 0.5) is 4.79 Å². The van der Waals surface area contributed by atoms with Crippen LogP contribution in [-0.4, -0.2) is 43.9 Å². The number of carbonyl (C=O) groups excluding carboxylic acids is 1. The van der Waals surface area contributed by atoms with Crippen molar-refractivity contribution in [3.8, 4) is 0 Å². The van der Waals surface area contributed by atoms with Crippen molar-refractivity contribution in [1.29, 1.82) is 0 Å². The molecular weight excluding hydrogens is 306 g/mol. The number of cyclic esters (lactones) is 1. The van der Waals surface area contributed by atoms with E-state index >= 15 is 0 Å². The number of nitrogens with zero attached hydrogens (tertiary/aromatic N) is 2. The van der Waals surface area contributed by atoms with Gasteiger partial charge in [0.05, 0.1) is 6.33 Å². The topological polar surface area (TPSA) is 78.5 Å². The summed E-state index contributed by atoms with van der Waals surface area (Å²) in [5, 5.41) is 11.0. The van der Waals surface area contributed by atoms with Gasteiger partial charge in [-0.2, -0.15) is 0 Å². The highest BCUT2D eigenvalue weighted by atomic mass is 16.6. The van der Waals surface area contributed by atoms with E-state index in [0.29, 0.717) is 19.4 Å². The Labute approximate surface area is 141 Å². The SMILES string of the molecule is C[C@]1(CCc2ccccc2)OC(=O)N(CCc2cnc[nH]2)[C@@]1(C)O. The summed E-state index contributed by atoms with van der Waals surface area (Å²) in [6.07, 6.45) is 4.70. The van der Waals surface area contributed by atoms with Crippen molar-refractivity contribution in [2.24, 2.45) is 0 Å². The first-order valence-electron chi connectivity index (χ1n) is 8.16. The summed E-state index contributed by atoms with van der Waals surface area (Å²) >= 11 is 0. The molecule has 0 aliphatic carbocycles. The lowest BCUT2D eigenvalue weighted by Crippen LogP contribution is -2.55. The third-order valence-electron chi connectivity index (χ3n) is 4.95. The maximum absolute atomic E-state index is 12.3. The number of carbonyl (C=O) groups is 1. The lowest BCUT2D eigenvalue weighted by atomic mass is 9.87. The molecule has 1 aliphatic rings. The summed E-state index contributed by atoms with van der Waals surface area (Å²) in [4.78, 5) is 20.7. The molecule has 6 heteroatoms. The molecule has 2 atom stereocenters. The van der Waals surface area contributed by atoms with Gasteiger partial charge in [-0.3, -0.25) is 4.90 Å². The van der Waals surface area contributed by atoms with Gasteiger partial charge < -0.3 is 14.8 Å². The van der Waals surface area contributed by atoms with Gasteiger partial charge in [0.15, 0.2) is 11.3 Å². The van der Waals surface area contributed by atoms with E-state index in [2.05, 4.69) is 9.97 Å². The summed E-state index contributed by atoms with van der Waals surface area (Å²) in [6, 6.07) is 9.99. The van der Waals surface area contributed by atoms with Crippen molar-refractivity contribution >= 4 is 6.09 Å². The minimum Gasteiger partial charge on any atom is -0.438 e. The number of aliphatic hydroxyl groups is 1. The molecule has 2 N–H and O–H groups in total. The van der Waals surface area contributed by atoms with Crippen LogP contribution in [-0.2, 0) is 17.6 Å². The monoisotopic (exact) mass is 329 g/mol. The number of aromatic nitrogens is 2. The third-order valence-corrected chi connectivity index (χ3v) is 4.95. The molecule has 1 amide bonds. The molecule has 128 valence electrons. The van der Waals surface area contributed by atoms with Gasteiger partial charge in [-0.15, -0.1) is 0 Å². The van der Waals surface area contributed by atoms with E-state index in [1.54, 1.807) is 26.4 Å². The highest BCUT2D eigenvalue weighted by molar-refractivity contribution is 5.72. The Morgan fingerprint density at radius 2 is 2.00 bits per heavy atom. The van der Waals surface area contributed by atoms with E-state index in [-0.39, 0.29) is 0 Å². The molecule has 3 rings (SSSR count). The predicted octanol–water partition coefficient (Wildman–Crippen LogP) is 2.50. The number of ether oxygens (including phenoxy) is 1. The van der Waals surface area contributed by atoms with Gasteiger partial charge in [-0.25, -0.2) is 9.78 Å². The number of nitrogens with one attached hydrogen (secondary N) is 1. The molecule has 0 radical (unpaired) electrons. The Bertz CT molecular complexity index is 685. The second-order valence-corrected chi connectivity index (χ2v) is 6.58. The smallest absolute Gasteiger partial charge is 0.412 e. The number of imidazole rings is 1. The number of amides is 1. The number of hydrogen-bond acceptors (Lipinski definition) is 4. The van der Waals surface area contributed by atoms with E-state index in [1.807, 2.05) is 30.3 Å². The molecule has 0 spiro atoms. The van der Waals surface area contributed by atoms with Crippen molar-refractivity contribution in [2.45, 2.75) is 44.4 Å². The highest BCUT2D eigenvalue weighted by Gasteiger charge is 2.58. The number of H-pyrrole nitrogens is 1. The van der Waals surface area contributed by atoms with Crippen molar-refractivity contribution < 1.29 is 14.6 Å². The summed E-state index contributed by atoms with van der Waals surface area (Å²) in [5.41, 5.74) is -0.245. The van der Waals surface area contributed by atoms with Gasteiger partial charge in [-0.05, 0) is 32.3 Å². The number of aromatic amines is 1.